The lowest BCUT2D eigenvalue weighted by atomic mass is 10.00. The van der Waals surface area contributed by atoms with Crippen molar-refractivity contribution in [3.05, 3.63) is 66.4 Å². The Morgan fingerprint density at radius 1 is 1.00 bits per heavy atom. The Hall–Kier alpha value is -3.08. The lowest BCUT2D eigenvalue weighted by molar-refractivity contribution is 0.109. The van der Waals surface area contributed by atoms with E-state index in [9.17, 15) is 0 Å². The number of methoxy groups -OCH3 is 1. The number of nitrogens with zero attached hydrogens (tertiary/aromatic N) is 4. The van der Waals surface area contributed by atoms with E-state index in [-0.39, 0.29) is 0 Å². The molecule has 0 spiro atoms. The quantitative estimate of drug-likeness (QED) is 0.568. The van der Waals surface area contributed by atoms with Crippen molar-refractivity contribution in [2.75, 3.05) is 7.11 Å². The van der Waals surface area contributed by atoms with Crippen molar-refractivity contribution < 1.29 is 4.74 Å². The third-order valence-electron chi connectivity index (χ3n) is 5.60. The Bertz CT molecular complexity index is 952. The van der Waals surface area contributed by atoms with Gasteiger partial charge in [-0.05, 0) is 69.5 Å². The van der Waals surface area contributed by atoms with E-state index in [0.29, 0.717) is 12.1 Å². The van der Waals surface area contributed by atoms with E-state index in [1.807, 2.05) is 53.4 Å². The minimum atomic E-state index is 0.462. The van der Waals surface area contributed by atoms with E-state index in [1.165, 1.54) is 19.3 Å². The van der Waals surface area contributed by atoms with Crippen LogP contribution in [0.2, 0.25) is 0 Å². The molecule has 1 aliphatic heterocycles. The van der Waals surface area contributed by atoms with Crippen LogP contribution in [-0.4, -0.2) is 40.2 Å². The highest BCUT2D eigenvalue weighted by atomic mass is 16.5. The first-order chi connectivity index (χ1) is 14.2. The second kappa shape index (κ2) is 8.52. The minimum absolute atomic E-state index is 0.462. The molecule has 0 radical (unpaired) electrons. The zero-order valence-corrected chi connectivity index (χ0v) is 17.3. The molecule has 0 amide bonds. The molecule has 3 aromatic rings. The van der Waals surface area contributed by atoms with Gasteiger partial charge in [-0.15, -0.1) is 0 Å². The highest BCUT2D eigenvalue weighted by Crippen LogP contribution is 2.26. The maximum Gasteiger partial charge on any atom is 0.118 e. The summed E-state index contributed by atoms with van der Waals surface area (Å²) < 4.78 is 7.22. The van der Waals surface area contributed by atoms with Gasteiger partial charge in [-0.2, -0.15) is 10.2 Å². The van der Waals surface area contributed by atoms with E-state index < -0.39 is 0 Å². The average Bonchev–Trinajstić information content (AvgIpc) is 3.18. The second-order valence-corrected chi connectivity index (χ2v) is 7.70. The first-order valence-corrected chi connectivity index (χ1v) is 10.3. The van der Waals surface area contributed by atoms with Crippen LogP contribution in [0.1, 0.15) is 38.7 Å². The number of hydrogen-bond acceptors (Lipinski definition) is 4. The fourth-order valence-corrected chi connectivity index (χ4v) is 3.93. The SMILES string of the molecule is COc1ccc(-c2nn(-c3ccccc3)cc2/C=N\N2[C@H](C)CCC[C@H]2C)cc1. The molecular formula is C24H28N4O. The molecule has 2 aromatic carbocycles. The van der Waals surface area contributed by atoms with E-state index in [2.05, 4.69) is 37.2 Å². The van der Waals surface area contributed by atoms with E-state index >= 15 is 0 Å². The molecule has 0 unspecified atom stereocenters. The van der Waals surface area contributed by atoms with Crippen LogP contribution >= 0.6 is 0 Å². The summed E-state index contributed by atoms with van der Waals surface area (Å²) in [6.45, 7) is 4.51. The van der Waals surface area contributed by atoms with Crippen molar-refractivity contribution in [2.45, 2.75) is 45.2 Å². The third kappa shape index (κ3) is 4.19. The van der Waals surface area contributed by atoms with Crippen LogP contribution in [0.25, 0.3) is 16.9 Å². The zero-order valence-electron chi connectivity index (χ0n) is 17.3. The summed E-state index contributed by atoms with van der Waals surface area (Å²) in [5, 5.41) is 12.0. The summed E-state index contributed by atoms with van der Waals surface area (Å²) in [7, 11) is 1.68. The van der Waals surface area contributed by atoms with Crippen molar-refractivity contribution in [1.82, 2.24) is 14.8 Å². The fraction of sp³-hybridized carbons (Fsp3) is 0.333. The van der Waals surface area contributed by atoms with Gasteiger partial charge in [0.15, 0.2) is 0 Å². The van der Waals surface area contributed by atoms with Crippen LogP contribution in [0.3, 0.4) is 0 Å². The van der Waals surface area contributed by atoms with Crippen molar-refractivity contribution in [2.24, 2.45) is 5.10 Å². The maximum atomic E-state index is 5.30. The highest BCUT2D eigenvalue weighted by molar-refractivity contribution is 5.88. The Balaban J connectivity index is 1.72. The molecule has 2 atom stereocenters. The Morgan fingerprint density at radius 3 is 2.34 bits per heavy atom. The molecule has 5 heteroatoms. The largest absolute Gasteiger partial charge is 0.497 e. The molecule has 1 aromatic heterocycles. The van der Waals surface area contributed by atoms with Gasteiger partial charge in [0.25, 0.3) is 0 Å². The summed E-state index contributed by atoms with van der Waals surface area (Å²) in [6.07, 6.45) is 7.67. The lowest BCUT2D eigenvalue weighted by Gasteiger charge is -2.36. The van der Waals surface area contributed by atoms with Crippen molar-refractivity contribution in [3.8, 4) is 22.7 Å². The van der Waals surface area contributed by atoms with Gasteiger partial charge in [0.05, 0.1) is 19.0 Å². The van der Waals surface area contributed by atoms with Gasteiger partial charge in [0.1, 0.15) is 11.4 Å². The number of piperidine rings is 1. The molecule has 1 fully saturated rings. The summed E-state index contributed by atoms with van der Waals surface area (Å²) >= 11 is 0. The van der Waals surface area contributed by atoms with Gasteiger partial charge in [0.2, 0.25) is 0 Å². The monoisotopic (exact) mass is 388 g/mol. The van der Waals surface area contributed by atoms with E-state index in [1.54, 1.807) is 7.11 Å². The topological polar surface area (TPSA) is 42.6 Å². The van der Waals surface area contributed by atoms with Crippen LogP contribution in [0.4, 0.5) is 0 Å². The molecule has 150 valence electrons. The van der Waals surface area contributed by atoms with Crippen LogP contribution < -0.4 is 4.74 Å². The normalized spacial score (nSPS) is 19.6. The van der Waals surface area contributed by atoms with E-state index in [0.717, 1.165) is 28.3 Å². The van der Waals surface area contributed by atoms with Gasteiger partial charge in [0, 0.05) is 29.4 Å². The number of rotatable bonds is 5. The first-order valence-electron chi connectivity index (χ1n) is 10.3. The number of ether oxygens (including phenoxy) is 1. The summed E-state index contributed by atoms with van der Waals surface area (Å²) in [4.78, 5) is 0. The van der Waals surface area contributed by atoms with Crippen LogP contribution in [0.15, 0.2) is 65.9 Å². The highest BCUT2D eigenvalue weighted by Gasteiger charge is 2.23. The van der Waals surface area contributed by atoms with Gasteiger partial charge in [-0.1, -0.05) is 18.2 Å². The molecular weight excluding hydrogens is 360 g/mol. The van der Waals surface area contributed by atoms with Crippen LogP contribution in [0.5, 0.6) is 5.75 Å². The van der Waals surface area contributed by atoms with Crippen molar-refractivity contribution in [1.29, 1.82) is 0 Å². The zero-order chi connectivity index (χ0) is 20.2. The van der Waals surface area contributed by atoms with Crippen molar-refractivity contribution >= 4 is 6.21 Å². The molecule has 0 bridgehead atoms. The molecule has 1 aliphatic rings. The summed E-state index contributed by atoms with van der Waals surface area (Å²) in [5.41, 5.74) is 3.99. The van der Waals surface area contributed by atoms with Crippen molar-refractivity contribution in [3.63, 3.8) is 0 Å². The standard InChI is InChI=1S/C24H28N4O/c1-18-8-7-9-19(2)28(18)25-16-21-17-27(22-10-5-4-6-11-22)26-24(21)20-12-14-23(29-3)15-13-20/h4-6,10-19H,7-9H2,1-3H3/b25-16-/t18-,19-/m1/s1. The third-order valence-corrected chi connectivity index (χ3v) is 5.60. The number of para-hydroxylation sites is 1. The number of benzene rings is 2. The number of hydrazone groups is 1. The summed E-state index contributed by atoms with van der Waals surface area (Å²) in [5.74, 6) is 0.836. The van der Waals surface area contributed by atoms with Gasteiger partial charge >= 0.3 is 0 Å². The van der Waals surface area contributed by atoms with Gasteiger partial charge in [-0.25, -0.2) is 4.68 Å². The summed E-state index contributed by atoms with van der Waals surface area (Å²) in [6, 6.07) is 19.1. The van der Waals surface area contributed by atoms with Crippen LogP contribution in [-0.2, 0) is 0 Å². The number of hydrogen-bond donors (Lipinski definition) is 0. The molecule has 1 saturated heterocycles. The van der Waals surface area contributed by atoms with Crippen LogP contribution in [0, 0.1) is 0 Å². The molecule has 0 N–H and O–H groups in total. The lowest BCUT2D eigenvalue weighted by Crippen LogP contribution is -2.39. The Labute approximate surface area is 172 Å². The molecule has 29 heavy (non-hydrogen) atoms. The van der Waals surface area contributed by atoms with E-state index in [4.69, 9.17) is 14.9 Å². The molecule has 0 saturated carbocycles. The molecule has 2 heterocycles. The second-order valence-electron chi connectivity index (χ2n) is 7.70. The predicted octanol–water partition coefficient (Wildman–Crippen LogP) is 5.14. The minimum Gasteiger partial charge on any atom is -0.497 e. The molecule has 0 aliphatic carbocycles. The maximum absolute atomic E-state index is 5.30. The molecule has 4 rings (SSSR count). The first kappa shape index (κ1) is 19.2. The van der Waals surface area contributed by atoms with Gasteiger partial charge < -0.3 is 4.74 Å². The number of aromatic nitrogens is 2. The average molecular weight is 389 g/mol. The predicted molar refractivity (Wildman–Crippen MR) is 118 cm³/mol. The van der Waals surface area contributed by atoms with Gasteiger partial charge in [-0.3, -0.25) is 5.01 Å². The Morgan fingerprint density at radius 2 is 1.69 bits per heavy atom. The Kier molecular flexibility index (Phi) is 5.65. The fourth-order valence-electron chi connectivity index (χ4n) is 3.93. The smallest absolute Gasteiger partial charge is 0.118 e. The molecule has 5 nitrogen and oxygen atoms in total.